The number of carbonyl (C=O) groups excluding carboxylic acids is 3. The minimum atomic E-state index is -0.989. The summed E-state index contributed by atoms with van der Waals surface area (Å²) in [6, 6.07) is 6.57. The van der Waals surface area contributed by atoms with Crippen molar-refractivity contribution in [1.29, 1.82) is 0 Å². The van der Waals surface area contributed by atoms with E-state index in [0.29, 0.717) is 5.01 Å². The van der Waals surface area contributed by atoms with Crippen molar-refractivity contribution < 1.29 is 23.9 Å². The summed E-state index contributed by atoms with van der Waals surface area (Å²) in [5.41, 5.74) is 3.23. The quantitative estimate of drug-likeness (QED) is 0.839. The van der Waals surface area contributed by atoms with Gasteiger partial charge >= 0.3 is 12.2 Å². The third-order valence-corrected chi connectivity index (χ3v) is 2.90. The highest BCUT2D eigenvalue weighted by molar-refractivity contribution is 6.03. The molecule has 25 heavy (non-hydrogen) atoms. The number of anilines is 1. The zero-order chi connectivity index (χ0) is 19.1. The molecule has 1 rings (SSSR count). The molecule has 0 heterocycles. The number of nitrogens with one attached hydrogen (secondary N) is 1. The van der Waals surface area contributed by atoms with E-state index in [-0.39, 0.29) is 5.56 Å². The fourth-order valence-corrected chi connectivity index (χ4v) is 1.80. The Labute approximate surface area is 147 Å². The lowest BCUT2D eigenvalue weighted by molar-refractivity contribution is 0.0383. The number of hydrogen-bond acceptors (Lipinski definition) is 6. The van der Waals surface area contributed by atoms with Crippen LogP contribution in [0.1, 0.15) is 38.1 Å². The van der Waals surface area contributed by atoms with E-state index in [1.807, 2.05) is 19.0 Å². The van der Waals surface area contributed by atoms with Crippen LogP contribution in [0.15, 0.2) is 24.3 Å². The van der Waals surface area contributed by atoms with Crippen LogP contribution in [0.4, 0.5) is 15.3 Å². The number of benzene rings is 1. The number of amides is 3. The van der Waals surface area contributed by atoms with Crippen molar-refractivity contribution in [2.75, 3.05) is 19.0 Å². The van der Waals surface area contributed by atoms with Gasteiger partial charge in [0.25, 0.3) is 5.91 Å². The fraction of sp³-hybridized carbons (Fsp3) is 0.471. The average molecular weight is 351 g/mol. The molecule has 0 aliphatic rings. The molecule has 0 radical (unpaired) electrons. The summed E-state index contributed by atoms with van der Waals surface area (Å²) in [4.78, 5) is 38.4. The summed E-state index contributed by atoms with van der Waals surface area (Å²) in [6.45, 7) is 6.58. The van der Waals surface area contributed by atoms with Crippen LogP contribution >= 0.6 is 0 Å². The number of nitrogens with zero attached hydrogens (tertiary/aromatic N) is 2. The van der Waals surface area contributed by atoms with Crippen molar-refractivity contribution in [1.82, 2.24) is 10.4 Å². The van der Waals surface area contributed by atoms with Crippen LogP contribution in [-0.4, -0.2) is 49.4 Å². The molecule has 1 N–H and O–H groups in total. The Morgan fingerprint density at radius 3 is 1.88 bits per heavy atom. The van der Waals surface area contributed by atoms with Gasteiger partial charge in [-0.2, -0.15) is 0 Å². The maximum atomic E-state index is 12.6. The van der Waals surface area contributed by atoms with Crippen LogP contribution in [-0.2, 0) is 9.47 Å². The first-order valence-corrected chi connectivity index (χ1v) is 7.91. The number of imide groups is 1. The fourth-order valence-electron chi connectivity index (χ4n) is 1.80. The van der Waals surface area contributed by atoms with Crippen LogP contribution < -0.4 is 10.3 Å². The molecule has 0 aliphatic carbocycles. The van der Waals surface area contributed by atoms with Gasteiger partial charge in [-0.25, -0.2) is 15.0 Å². The Morgan fingerprint density at radius 1 is 0.920 bits per heavy atom. The topological polar surface area (TPSA) is 88.2 Å². The first kappa shape index (κ1) is 20.3. The van der Waals surface area contributed by atoms with Gasteiger partial charge in [0.2, 0.25) is 0 Å². The highest BCUT2D eigenvalue weighted by Gasteiger charge is 2.28. The Kier molecular flexibility index (Phi) is 7.22. The van der Waals surface area contributed by atoms with Gasteiger partial charge in [0, 0.05) is 25.3 Å². The second kappa shape index (κ2) is 8.91. The van der Waals surface area contributed by atoms with Gasteiger partial charge in [-0.1, -0.05) is 0 Å². The molecule has 8 nitrogen and oxygen atoms in total. The second-order valence-electron chi connectivity index (χ2n) is 6.08. The molecule has 0 bridgehead atoms. The summed E-state index contributed by atoms with van der Waals surface area (Å²) in [7, 11) is 3.74. The van der Waals surface area contributed by atoms with Gasteiger partial charge in [-0.05, 0) is 52.0 Å². The third-order valence-electron chi connectivity index (χ3n) is 2.90. The predicted octanol–water partition coefficient (Wildman–Crippen LogP) is 2.79. The highest BCUT2D eigenvalue weighted by Crippen LogP contribution is 2.14. The standard InChI is InChI=1S/C17H25N3O5/c1-11(2)24-16(22)18-20(17(23)25-12(3)4)15(21)13-7-9-14(10-8-13)19(5)6/h7-12H,1-6H3,(H,18,22). The number of hydrogen-bond donors (Lipinski definition) is 1. The lowest BCUT2D eigenvalue weighted by Gasteiger charge is -2.22. The number of carbonyl (C=O) groups is 3. The van der Waals surface area contributed by atoms with Crippen LogP contribution in [0.2, 0.25) is 0 Å². The van der Waals surface area contributed by atoms with E-state index < -0.39 is 30.3 Å². The second-order valence-corrected chi connectivity index (χ2v) is 6.08. The zero-order valence-electron chi connectivity index (χ0n) is 15.4. The van der Waals surface area contributed by atoms with E-state index in [0.717, 1.165) is 5.69 Å². The van der Waals surface area contributed by atoms with E-state index >= 15 is 0 Å². The monoisotopic (exact) mass is 351 g/mol. The Morgan fingerprint density at radius 2 is 1.44 bits per heavy atom. The van der Waals surface area contributed by atoms with E-state index in [1.54, 1.807) is 52.0 Å². The normalized spacial score (nSPS) is 10.4. The van der Waals surface area contributed by atoms with Gasteiger partial charge in [-0.15, -0.1) is 5.01 Å². The van der Waals surface area contributed by atoms with Crippen molar-refractivity contribution >= 4 is 23.8 Å². The molecule has 0 spiro atoms. The smallest absolute Gasteiger partial charge is 0.436 e. The predicted molar refractivity (Wildman–Crippen MR) is 93.3 cm³/mol. The van der Waals surface area contributed by atoms with Gasteiger partial charge in [0.05, 0.1) is 12.2 Å². The molecular weight excluding hydrogens is 326 g/mol. The molecule has 0 unspecified atom stereocenters. The summed E-state index contributed by atoms with van der Waals surface area (Å²) in [6.07, 6.45) is -2.77. The van der Waals surface area contributed by atoms with Crippen molar-refractivity contribution in [2.24, 2.45) is 0 Å². The molecule has 1 aromatic carbocycles. The summed E-state index contributed by atoms with van der Waals surface area (Å²) in [5, 5.41) is 0.509. The first-order chi connectivity index (χ1) is 11.6. The van der Waals surface area contributed by atoms with Gasteiger partial charge in [-0.3, -0.25) is 4.79 Å². The number of rotatable bonds is 4. The van der Waals surface area contributed by atoms with E-state index in [9.17, 15) is 14.4 Å². The molecule has 0 saturated carbocycles. The molecular formula is C17H25N3O5. The maximum absolute atomic E-state index is 12.6. The van der Waals surface area contributed by atoms with Gasteiger partial charge in [0.1, 0.15) is 0 Å². The van der Waals surface area contributed by atoms with E-state index in [4.69, 9.17) is 9.47 Å². The largest absolute Gasteiger partial charge is 0.446 e. The van der Waals surface area contributed by atoms with Crippen molar-refractivity contribution in [2.45, 2.75) is 39.9 Å². The minimum absolute atomic E-state index is 0.219. The molecule has 0 saturated heterocycles. The Balaban J connectivity index is 3.01. The van der Waals surface area contributed by atoms with E-state index in [1.165, 1.54) is 0 Å². The van der Waals surface area contributed by atoms with Crippen molar-refractivity contribution in [3.05, 3.63) is 29.8 Å². The lowest BCUT2D eigenvalue weighted by Crippen LogP contribution is -2.51. The number of ether oxygens (including phenoxy) is 2. The minimum Gasteiger partial charge on any atom is -0.446 e. The molecule has 8 heteroatoms. The molecule has 1 aromatic rings. The maximum Gasteiger partial charge on any atom is 0.436 e. The Hall–Kier alpha value is -2.77. The summed E-state index contributed by atoms with van der Waals surface area (Å²) in [5.74, 6) is -0.725. The molecule has 0 aliphatic heterocycles. The van der Waals surface area contributed by atoms with Crippen LogP contribution in [0.3, 0.4) is 0 Å². The highest BCUT2D eigenvalue weighted by atomic mass is 16.6. The lowest BCUT2D eigenvalue weighted by atomic mass is 10.2. The van der Waals surface area contributed by atoms with Crippen LogP contribution in [0, 0.1) is 0 Å². The molecule has 0 atom stereocenters. The first-order valence-electron chi connectivity index (χ1n) is 7.91. The van der Waals surface area contributed by atoms with Gasteiger partial charge in [0.15, 0.2) is 0 Å². The SMILES string of the molecule is CC(C)OC(=O)NN(C(=O)OC(C)C)C(=O)c1ccc(N(C)C)cc1. The Bertz CT molecular complexity index is 611. The molecule has 0 aromatic heterocycles. The van der Waals surface area contributed by atoms with Crippen LogP contribution in [0.25, 0.3) is 0 Å². The molecule has 138 valence electrons. The van der Waals surface area contributed by atoms with Crippen molar-refractivity contribution in [3.8, 4) is 0 Å². The third kappa shape index (κ3) is 6.33. The van der Waals surface area contributed by atoms with Crippen LogP contribution in [0.5, 0.6) is 0 Å². The zero-order valence-corrected chi connectivity index (χ0v) is 15.4. The van der Waals surface area contributed by atoms with Crippen molar-refractivity contribution in [3.63, 3.8) is 0 Å². The summed E-state index contributed by atoms with van der Waals surface area (Å²) < 4.78 is 9.92. The van der Waals surface area contributed by atoms with E-state index in [2.05, 4.69) is 5.43 Å². The number of hydrazine groups is 1. The average Bonchev–Trinajstić information content (AvgIpc) is 2.50. The molecule has 3 amide bonds. The summed E-state index contributed by atoms with van der Waals surface area (Å²) >= 11 is 0. The van der Waals surface area contributed by atoms with Gasteiger partial charge < -0.3 is 14.4 Å². The molecule has 0 fully saturated rings.